The molecule has 0 fully saturated rings. The second kappa shape index (κ2) is 6.52. The van der Waals surface area contributed by atoms with Crippen molar-refractivity contribution < 1.29 is 14.3 Å². The van der Waals surface area contributed by atoms with Crippen LogP contribution in [0.25, 0.3) is 0 Å². The standard InChI is InChI=1S/C12H12Cl2O3/c1-8(12(15)16-2)5-6-17-11-4-3-9(13)7-10(11)14/h3-5,7H,6H2,1-2H3/b8-5+. The highest BCUT2D eigenvalue weighted by atomic mass is 35.5. The number of esters is 1. The molecule has 0 radical (unpaired) electrons. The number of benzene rings is 1. The molecule has 0 heterocycles. The lowest BCUT2D eigenvalue weighted by Gasteiger charge is -2.06. The van der Waals surface area contributed by atoms with Crippen LogP contribution in [0.15, 0.2) is 29.8 Å². The van der Waals surface area contributed by atoms with Crippen molar-refractivity contribution in [2.75, 3.05) is 13.7 Å². The minimum absolute atomic E-state index is 0.238. The first kappa shape index (κ1) is 13.9. The zero-order chi connectivity index (χ0) is 12.8. The number of carbonyl (C=O) groups is 1. The molecule has 0 saturated carbocycles. The van der Waals surface area contributed by atoms with E-state index in [9.17, 15) is 4.79 Å². The Labute approximate surface area is 110 Å². The molecule has 0 unspecified atom stereocenters. The van der Waals surface area contributed by atoms with Crippen LogP contribution in [0.3, 0.4) is 0 Å². The Morgan fingerprint density at radius 2 is 2.12 bits per heavy atom. The lowest BCUT2D eigenvalue weighted by Crippen LogP contribution is -2.04. The van der Waals surface area contributed by atoms with Gasteiger partial charge in [0.1, 0.15) is 12.4 Å². The Morgan fingerprint density at radius 3 is 2.71 bits per heavy atom. The third-order valence-corrected chi connectivity index (χ3v) is 2.56. The molecule has 17 heavy (non-hydrogen) atoms. The van der Waals surface area contributed by atoms with Gasteiger partial charge in [0.25, 0.3) is 0 Å². The van der Waals surface area contributed by atoms with E-state index in [0.717, 1.165) is 0 Å². The van der Waals surface area contributed by atoms with Gasteiger partial charge in [-0.15, -0.1) is 0 Å². The molecule has 0 saturated heterocycles. The Balaban J connectivity index is 2.59. The fraction of sp³-hybridized carbons (Fsp3) is 0.250. The van der Waals surface area contributed by atoms with E-state index >= 15 is 0 Å². The van der Waals surface area contributed by atoms with E-state index in [0.29, 0.717) is 21.4 Å². The van der Waals surface area contributed by atoms with Gasteiger partial charge in [-0.2, -0.15) is 0 Å². The molecule has 92 valence electrons. The molecule has 3 nitrogen and oxygen atoms in total. The fourth-order valence-corrected chi connectivity index (χ4v) is 1.56. The molecule has 0 aliphatic rings. The highest BCUT2D eigenvalue weighted by molar-refractivity contribution is 6.35. The normalized spacial score (nSPS) is 11.2. The number of halogens is 2. The van der Waals surface area contributed by atoms with Gasteiger partial charge in [-0.1, -0.05) is 23.2 Å². The van der Waals surface area contributed by atoms with Crippen molar-refractivity contribution in [2.24, 2.45) is 0 Å². The maximum Gasteiger partial charge on any atom is 0.333 e. The monoisotopic (exact) mass is 274 g/mol. The Bertz CT molecular complexity index is 441. The third kappa shape index (κ3) is 4.29. The minimum atomic E-state index is -0.379. The highest BCUT2D eigenvalue weighted by Crippen LogP contribution is 2.27. The molecule has 0 atom stereocenters. The lowest BCUT2D eigenvalue weighted by atomic mass is 10.3. The molecule has 1 aromatic rings. The maximum absolute atomic E-state index is 11.1. The Hall–Kier alpha value is -1.19. The molecule has 0 bridgehead atoms. The second-order valence-corrected chi connectivity index (χ2v) is 4.11. The largest absolute Gasteiger partial charge is 0.488 e. The zero-order valence-electron chi connectivity index (χ0n) is 9.50. The molecule has 0 spiro atoms. The van der Waals surface area contributed by atoms with Crippen molar-refractivity contribution in [3.05, 3.63) is 39.9 Å². The van der Waals surface area contributed by atoms with Crippen molar-refractivity contribution in [2.45, 2.75) is 6.92 Å². The predicted octanol–water partition coefficient (Wildman–Crippen LogP) is 3.49. The van der Waals surface area contributed by atoms with Crippen LogP contribution in [0.1, 0.15) is 6.92 Å². The summed E-state index contributed by atoms with van der Waals surface area (Å²) < 4.78 is 9.93. The van der Waals surface area contributed by atoms with Crippen molar-refractivity contribution >= 4 is 29.2 Å². The van der Waals surface area contributed by atoms with Crippen LogP contribution in [-0.2, 0) is 9.53 Å². The first-order valence-electron chi connectivity index (χ1n) is 4.87. The molecule has 5 heteroatoms. The lowest BCUT2D eigenvalue weighted by molar-refractivity contribution is -0.136. The third-order valence-electron chi connectivity index (χ3n) is 2.03. The van der Waals surface area contributed by atoms with Gasteiger partial charge in [0, 0.05) is 10.6 Å². The van der Waals surface area contributed by atoms with E-state index in [2.05, 4.69) is 4.74 Å². The predicted molar refractivity (Wildman–Crippen MR) is 67.7 cm³/mol. The summed E-state index contributed by atoms with van der Waals surface area (Å²) in [7, 11) is 1.33. The molecule has 0 aliphatic heterocycles. The van der Waals surface area contributed by atoms with Gasteiger partial charge in [-0.3, -0.25) is 0 Å². The van der Waals surface area contributed by atoms with Crippen LogP contribution in [-0.4, -0.2) is 19.7 Å². The highest BCUT2D eigenvalue weighted by Gasteiger charge is 2.04. The van der Waals surface area contributed by atoms with Gasteiger partial charge in [0.2, 0.25) is 0 Å². The quantitative estimate of drug-likeness (QED) is 0.623. The van der Waals surface area contributed by atoms with E-state index in [4.69, 9.17) is 27.9 Å². The van der Waals surface area contributed by atoms with Crippen molar-refractivity contribution in [3.8, 4) is 5.75 Å². The molecule has 0 N–H and O–H groups in total. The summed E-state index contributed by atoms with van der Waals surface area (Å²) >= 11 is 11.7. The first-order valence-corrected chi connectivity index (χ1v) is 5.63. The summed E-state index contributed by atoms with van der Waals surface area (Å²) in [4.78, 5) is 11.1. The van der Waals surface area contributed by atoms with Crippen LogP contribution in [0.2, 0.25) is 10.0 Å². The molecule has 1 aromatic carbocycles. The van der Waals surface area contributed by atoms with Gasteiger partial charge in [0.15, 0.2) is 0 Å². The topological polar surface area (TPSA) is 35.5 Å². The number of hydrogen-bond acceptors (Lipinski definition) is 3. The van der Waals surface area contributed by atoms with Gasteiger partial charge in [-0.25, -0.2) is 4.79 Å². The van der Waals surface area contributed by atoms with Crippen molar-refractivity contribution in [3.63, 3.8) is 0 Å². The molecule has 1 rings (SSSR count). The number of methoxy groups -OCH3 is 1. The van der Waals surface area contributed by atoms with E-state index in [-0.39, 0.29) is 12.6 Å². The summed E-state index contributed by atoms with van der Waals surface area (Å²) in [6.45, 7) is 1.89. The molecule has 0 amide bonds. The first-order chi connectivity index (χ1) is 8.04. The van der Waals surface area contributed by atoms with Gasteiger partial charge in [0.05, 0.1) is 12.1 Å². The van der Waals surface area contributed by atoms with Crippen LogP contribution >= 0.6 is 23.2 Å². The van der Waals surface area contributed by atoms with Crippen LogP contribution in [0, 0.1) is 0 Å². The van der Waals surface area contributed by atoms with Crippen LogP contribution in [0.5, 0.6) is 5.75 Å². The van der Waals surface area contributed by atoms with Crippen LogP contribution < -0.4 is 4.74 Å². The number of rotatable bonds is 4. The Kier molecular flexibility index (Phi) is 5.32. The summed E-state index contributed by atoms with van der Waals surface area (Å²) in [5.41, 5.74) is 0.484. The number of ether oxygens (including phenoxy) is 2. The van der Waals surface area contributed by atoms with Crippen molar-refractivity contribution in [1.82, 2.24) is 0 Å². The smallest absolute Gasteiger partial charge is 0.333 e. The fourth-order valence-electron chi connectivity index (χ4n) is 1.09. The van der Waals surface area contributed by atoms with Crippen molar-refractivity contribution in [1.29, 1.82) is 0 Å². The number of hydrogen-bond donors (Lipinski definition) is 0. The summed E-state index contributed by atoms with van der Waals surface area (Å²) in [6.07, 6.45) is 1.62. The molecule has 0 aliphatic carbocycles. The summed E-state index contributed by atoms with van der Waals surface area (Å²) in [5, 5.41) is 0.977. The summed E-state index contributed by atoms with van der Waals surface area (Å²) in [6, 6.07) is 4.95. The molecular formula is C12H12Cl2O3. The van der Waals surface area contributed by atoms with Crippen LogP contribution in [0.4, 0.5) is 0 Å². The second-order valence-electron chi connectivity index (χ2n) is 3.26. The summed E-state index contributed by atoms with van der Waals surface area (Å²) in [5.74, 6) is 0.140. The van der Waals surface area contributed by atoms with E-state index in [1.807, 2.05) is 0 Å². The molecular weight excluding hydrogens is 263 g/mol. The van der Waals surface area contributed by atoms with E-state index in [1.54, 1.807) is 31.2 Å². The van der Waals surface area contributed by atoms with E-state index < -0.39 is 0 Å². The average Bonchev–Trinajstić information content (AvgIpc) is 2.30. The zero-order valence-corrected chi connectivity index (χ0v) is 11.0. The number of carbonyl (C=O) groups excluding carboxylic acids is 1. The SMILES string of the molecule is COC(=O)/C(C)=C/COc1ccc(Cl)cc1Cl. The Morgan fingerprint density at radius 1 is 1.41 bits per heavy atom. The van der Waals surface area contributed by atoms with E-state index in [1.165, 1.54) is 7.11 Å². The van der Waals surface area contributed by atoms with Gasteiger partial charge >= 0.3 is 5.97 Å². The molecule has 0 aromatic heterocycles. The minimum Gasteiger partial charge on any atom is -0.488 e. The maximum atomic E-state index is 11.1. The van der Waals surface area contributed by atoms with Gasteiger partial charge in [-0.05, 0) is 31.2 Å². The van der Waals surface area contributed by atoms with Gasteiger partial charge < -0.3 is 9.47 Å². The average molecular weight is 275 g/mol.